The van der Waals surface area contributed by atoms with Crippen LogP contribution in [0.5, 0.6) is 5.88 Å². The summed E-state index contributed by atoms with van der Waals surface area (Å²) < 4.78 is 90.4. The number of likely N-dealkylation sites (tertiary alicyclic amines) is 1. The third-order valence-corrected chi connectivity index (χ3v) is 5.60. The number of carbonyl (C=O) groups excluding carboxylic acids is 2. The second-order valence-electron chi connectivity index (χ2n) is 6.87. The Morgan fingerprint density at radius 1 is 1.21 bits per heavy atom. The Hall–Kier alpha value is -2.81. The van der Waals surface area contributed by atoms with E-state index >= 15 is 0 Å². The number of amides is 2. The fourth-order valence-corrected chi connectivity index (χ4v) is 4.16. The molecular formula is C18H17F6N3O5S. The number of ether oxygens (including phenoxy) is 3. The Morgan fingerprint density at radius 3 is 2.45 bits per heavy atom. The van der Waals surface area contributed by atoms with Crippen LogP contribution < -0.4 is 10.1 Å². The van der Waals surface area contributed by atoms with Crippen LogP contribution in [0.4, 0.5) is 31.1 Å². The number of alkyl halides is 6. The van der Waals surface area contributed by atoms with Crippen LogP contribution in [0.25, 0.3) is 10.2 Å². The normalized spacial score (nSPS) is 14.8. The number of aromatic nitrogens is 1. The maximum Gasteiger partial charge on any atom is 0.522 e. The molecule has 0 unspecified atom stereocenters. The van der Waals surface area contributed by atoms with Gasteiger partial charge in [-0.05, 0) is 6.92 Å². The lowest BCUT2D eigenvalue weighted by Gasteiger charge is -2.38. The zero-order valence-electron chi connectivity index (χ0n) is 17.1. The van der Waals surface area contributed by atoms with Crippen molar-refractivity contribution in [3.05, 3.63) is 22.1 Å². The van der Waals surface area contributed by atoms with Crippen molar-refractivity contribution in [3.8, 4) is 5.88 Å². The molecule has 0 spiro atoms. The van der Waals surface area contributed by atoms with Crippen LogP contribution in [0.3, 0.4) is 0 Å². The van der Waals surface area contributed by atoms with Gasteiger partial charge in [0.2, 0.25) is 5.88 Å². The van der Waals surface area contributed by atoms with E-state index in [4.69, 9.17) is 4.74 Å². The van der Waals surface area contributed by atoms with E-state index in [1.54, 1.807) is 0 Å². The predicted molar refractivity (Wildman–Crippen MR) is 102 cm³/mol. The fraction of sp³-hybridized carbons (Fsp3) is 0.500. The molecule has 1 aliphatic heterocycles. The van der Waals surface area contributed by atoms with E-state index in [0.29, 0.717) is 0 Å². The number of carbonyl (C=O) groups is 2. The summed E-state index contributed by atoms with van der Waals surface area (Å²) in [6, 6.07) is 0. The van der Waals surface area contributed by atoms with Gasteiger partial charge >= 0.3 is 18.6 Å². The fourth-order valence-electron chi connectivity index (χ4n) is 3.05. The lowest BCUT2D eigenvalue weighted by atomic mass is 10.1. The first-order valence-corrected chi connectivity index (χ1v) is 10.2. The van der Waals surface area contributed by atoms with E-state index < -0.39 is 49.4 Å². The maximum atomic E-state index is 13.7. The number of thiophene rings is 1. The number of fused-ring (bicyclic) bond motifs is 1. The van der Waals surface area contributed by atoms with Gasteiger partial charge in [0, 0.05) is 18.0 Å². The van der Waals surface area contributed by atoms with Crippen molar-refractivity contribution in [2.75, 3.05) is 33.4 Å². The van der Waals surface area contributed by atoms with Gasteiger partial charge < -0.3 is 19.7 Å². The van der Waals surface area contributed by atoms with Crippen molar-refractivity contribution in [3.63, 3.8) is 0 Å². The van der Waals surface area contributed by atoms with Crippen molar-refractivity contribution in [1.29, 1.82) is 0 Å². The molecule has 8 nitrogen and oxygen atoms in total. The number of halogens is 6. The van der Waals surface area contributed by atoms with Gasteiger partial charge in [-0.1, -0.05) is 0 Å². The first kappa shape index (κ1) is 24.8. The molecule has 1 fully saturated rings. The molecule has 3 rings (SSSR count). The summed E-state index contributed by atoms with van der Waals surface area (Å²) in [5.41, 5.74) is -1.44. The molecule has 182 valence electrons. The Kier molecular flexibility index (Phi) is 6.93. The average molecular weight is 501 g/mol. The summed E-state index contributed by atoms with van der Waals surface area (Å²) in [4.78, 5) is 29.0. The Bertz CT molecular complexity index is 1050. The standard InChI is InChI=1S/C18H17F6N3O5S/c1-8-11(17(19,20)21)13-12(10(7-33-13)14(28)25-2)26-15(8)32-9-5-27(6-9)16(29)30-3-4-31-18(22,23)24/h7,9H,3-6H2,1-2H3,(H,25,28). The highest BCUT2D eigenvalue weighted by Crippen LogP contribution is 2.43. The molecule has 15 heteroatoms. The zero-order valence-corrected chi connectivity index (χ0v) is 17.9. The van der Waals surface area contributed by atoms with Crippen LogP contribution in [-0.2, 0) is 15.7 Å². The minimum absolute atomic E-state index is 0.0345. The van der Waals surface area contributed by atoms with Crippen molar-refractivity contribution >= 4 is 33.6 Å². The van der Waals surface area contributed by atoms with Gasteiger partial charge in [-0.2, -0.15) is 13.2 Å². The van der Waals surface area contributed by atoms with Crippen LogP contribution in [0.1, 0.15) is 21.5 Å². The Morgan fingerprint density at radius 2 is 1.88 bits per heavy atom. The molecule has 1 N–H and O–H groups in total. The minimum Gasteiger partial charge on any atom is -0.470 e. The SMILES string of the molecule is CNC(=O)c1csc2c(C(F)(F)F)c(C)c(OC3CN(C(=O)OCCOC(F)(F)F)C3)nc12. The van der Waals surface area contributed by atoms with Gasteiger partial charge in [-0.25, -0.2) is 9.78 Å². The molecule has 1 saturated heterocycles. The van der Waals surface area contributed by atoms with Gasteiger partial charge in [0.25, 0.3) is 5.91 Å². The zero-order chi connectivity index (χ0) is 24.6. The minimum atomic E-state index is -4.84. The summed E-state index contributed by atoms with van der Waals surface area (Å²) >= 11 is 0.739. The molecule has 0 radical (unpaired) electrons. The van der Waals surface area contributed by atoms with Crippen molar-refractivity contribution in [2.45, 2.75) is 25.6 Å². The van der Waals surface area contributed by atoms with E-state index in [-0.39, 0.29) is 40.3 Å². The summed E-state index contributed by atoms with van der Waals surface area (Å²) in [6.45, 7) is -0.472. The monoisotopic (exact) mass is 501 g/mol. The Labute approximate surface area is 186 Å². The third-order valence-electron chi connectivity index (χ3n) is 4.62. The van der Waals surface area contributed by atoms with Crippen LogP contribution >= 0.6 is 11.3 Å². The number of hydrogen-bond acceptors (Lipinski definition) is 7. The largest absolute Gasteiger partial charge is 0.522 e. The molecule has 33 heavy (non-hydrogen) atoms. The molecule has 3 heterocycles. The van der Waals surface area contributed by atoms with Gasteiger partial charge in [0.1, 0.15) is 12.7 Å². The second kappa shape index (κ2) is 9.21. The summed E-state index contributed by atoms with van der Waals surface area (Å²) in [6.07, 6.45) is -11.2. The molecule has 0 saturated carbocycles. The van der Waals surface area contributed by atoms with E-state index in [0.717, 1.165) is 16.2 Å². The maximum absolute atomic E-state index is 13.7. The number of nitrogens with zero attached hydrogens (tertiary/aromatic N) is 2. The van der Waals surface area contributed by atoms with Gasteiger partial charge in [-0.15, -0.1) is 24.5 Å². The molecule has 2 aromatic rings. The lowest BCUT2D eigenvalue weighted by molar-refractivity contribution is -0.326. The first-order valence-electron chi connectivity index (χ1n) is 9.32. The lowest BCUT2D eigenvalue weighted by Crippen LogP contribution is -2.56. The third kappa shape index (κ3) is 5.58. The molecule has 0 atom stereocenters. The first-order chi connectivity index (χ1) is 15.3. The molecule has 0 bridgehead atoms. The highest BCUT2D eigenvalue weighted by atomic mass is 32.1. The number of pyridine rings is 1. The van der Waals surface area contributed by atoms with Crippen molar-refractivity contribution in [2.24, 2.45) is 0 Å². The van der Waals surface area contributed by atoms with E-state index in [2.05, 4.69) is 19.8 Å². The van der Waals surface area contributed by atoms with E-state index in [9.17, 15) is 35.9 Å². The average Bonchev–Trinajstić information content (AvgIpc) is 3.08. The Balaban J connectivity index is 1.71. The van der Waals surface area contributed by atoms with Gasteiger partial charge in [0.05, 0.1) is 41.0 Å². The highest BCUT2D eigenvalue weighted by molar-refractivity contribution is 7.17. The molecule has 2 aromatic heterocycles. The summed E-state index contributed by atoms with van der Waals surface area (Å²) in [7, 11) is 1.33. The molecule has 0 aromatic carbocycles. The smallest absolute Gasteiger partial charge is 0.470 e. The molecule has 2 amide bonds. The van der Waals surface area contributed by atoms with Crippen molar-refractivity contribution in [1.82, 2.24) is 15.2 Å². The summed E-state index contributed by atoms with van der Waals surface area (Å²) in [5.74, 6) is -0.946. The van der Waals surface area contributed by atoms with Crippen LogP contribution in [0, 0.1) is 6.92 Å². The van der Waals surface area contributed by atoms with Crippen LogP contribution in [0.15, 0.2) is 5.38 Å². The quantitative estimate of drug-likeness (QED) is 0.480. The molecular weight excluding hydrogens is 484 g/mol. The second-order valence-corrected chi connectivity index (χ2v) is 7.75. The van der Waals surface area contributed by atoms with E-state index in [1.807, 2.05) is 0 Å². The van der Waals surface area contributed by atoms with Crippen LogP contribution in [0.2, 0.25) is 0 Å². The number of rotatable bonds is 6. The number of hydrogen-bond donors (Lipinski definition) is 1. The predicted octanol–water partition coefficient (Wildman–Crippen LogP) is 3.72. The highest BCUT2D eigenvalue weighted by Gasteiger charge is 2.40. The van der Waals surface area contributed by atoms with Gasteiger partial charge in [0.15, 0.2) is 0 Å². The molecule has 0 aliphatic carbocycles. The summed E-state index contributed by atoms with van der Waals surface area (Å²) in [5, 5.41) is 3.61. The van der Waals surface area contributed by atoms with Gasteiger partial charge in [-0.3, -0.25) is 9.53 Å². The topological polar surface area (TPSA) is 90.0 Å². The molecule has 1 aliphatic rings. The number of nitrogens with one attached hydrogen (secondary N) is 1. The van der Waals surface area contributed by atoms with Crippen LogP contribution in [-0.4, -0.2) is 67.7 Å². The van der Waals surface area contributed by atoms with Crippen molar-refractivity contribution < 1.29 is 50.1 Å². The van der Waals surface area contributed by atoms with E-state index in [1.165, 1.54) is 19.4 Å².